The molecule has 2 N–H and O–H groups in total. The summed E-state index contributed by atoms with van der Waals surface area (Å²) < 4.78 is 11.0. The molecule has 2 heterocycles. The van der Waals surface area contributed by atoms with E-state index in [0.29, 0.717) is 5.11 Å². The molecule has 138 valence electrons. The van der Waals surface area contributed by atoms with Gasteiger partial charge in [0.2, 0.25) is 0 Å². The summed E-state index contributed by atoms with van der Waals surface area (Å²) in [6.07, 6.45) is 1.05. The van der Waals surface area contributed by atoms with Gasteiger partial charge in [-0.1, -0.05) is 6.92 Å². The number of morpholine rings is 2. The summed E-state index contributed by atoms with van der Waals surface area (Å²) in [4.78, 5) is 4.75. The average Bonchev–Trinajstić information content (AvgIpc) is 2.68. The third-order valence-corrected chi connectivity index (χ3v) is 4.74. The van der Waals surface area contributed by atoms with Crippen LogP contribution in [0, 0.1) is 0 Å². The van der Waals surface area contributed by atoms with E-state index in [2.05, 4.69) is 45.6 Å². The molecule has 1 aromatic carbocycles. The van der Waals surface area contributed by atoms with Crippen LogP contribution in [0.4, 0.5) is 17.1 Å². The van der Waals surface area contributed by atoms with Crippen LogP contribution in [0.2, 0.25) is 0 Å². The molecule has 3 rings (SSSR count). The zero-order chi connectivity index (χ0) is 17.5. The minimum absolute atomic E-state index is 0.676. The molecular weight excluding hydrogens is 336 g/mol. The van der Waals surface area contributed by atoms with E-state index in [0.717, 1.165) is 71.3 Å². The van der Waals surface area contributed by atoms with E-state index in [1.807, 2.05) is 0 Å². The van der Waals surface area contributed by atoms with Gasteiger partial charge in [0.1, 0.15) is 0 Å². The molecule has 1 aromatic rings. The van der Waals surface area contributed by atoms with Crippen molar-refractivity contribution in [3.63, 3.8) is 0 Å². The first-order valence-corrected chi connectivity index (χ1v) is 9.53. The van der Waals surface area contributed by atoms with Crippen molar-refractivity contribution in [2.75, 3.05) is 74.3 Å². The second-order valence-electron chi connectivity index (χ2n) is 6.28. The third-order valence-electron chi connectivity index (χ3n) is 4.49. The van der Waals surface area contributed by atoms with Gasteiger partial charge in [-0.15, -0.1) is 0 Å². The van der Waals surface area contributed by atoms with Gasteiger partial charge in [0.05, 0.1) is 37.8 Å². The number of nitrogens with zero attached hydrogens (tertiary/aromatic N) is 2. The SMILES string of the molecule is CCCNC(=S)Nc1ccc(N2CCOCC2)cc1N1CCOCC1. The lowest BCUT2D eigenvalue weighted by Crippen LogP contribution is -2.38. The van der Waals surface area contributed by atoms with Crippen LogP contribution >= 0.6 is 12.2 Å². The Kier molecular flexibility index (Phi) is 6.72. The molecule has 0 spiro atoms. The number of nitrogens with one attached hydrogen (secondary N) is 2. The monoisotopic (exact) mass is 364 g/mol. The Hall–Kier alpha value is -1.57. The second-order valence-corrected chi connectivity index (χ2v) is 6.69. The van der Waals surface area contributed by atoms with Gasteiger partial charge in [0, 0.05) is 38.4 Å². The molecule has 2 aliphatic heterocycles. The number of ether oxygens (including phenoxy) is 2. The normalized spacial score (nSPS) is 18.1. The highest BCUT2D eigenvalue weighted by Gasteiger charge is 2.19. The summed E-state index contributed by atoms with van der Waals surface area (Å²) in [5.74, 6) is 0. The summed E-state index contributed by atoms with van der Waals surface area (Å²) in [5, 5.41) is 7.28. The number of benzene rings is 1. The van der Waals surface area contributed by atoms with Crippen LogP contribution in [0.1, 0.15) is 13.3 Å². The maximum Gasteiger partial charge on any atom is 0.170 e. The van der Waals surface area contributed by atoms with Gasteiger partial charge in [-0.2, -0.15) is 0 Å². The number of hydrogen-bond donors (Lipinski definition) is 2. The highest BCUT2D eigenvalue weighted by Crippen LogP contribution is 2.32. The van der Waals surface area contributed by atoms with E-state index in [1.54, 1.807) is 0 Å². The van der Waals surface area contributed by atoms with Crippen molar-refractivity contribution in [1.29, 1.82) is 0 Å². The zero-order valence-electron chi connectivity index (χ0n) is 14.9. The van der Waals surface area contributed by atoms with E-state index >= 15 is 0 Å². The Morgan fingerprint density at radius 3 is 2.32 bits per heavy atom. The largest absolute Gasteiger partial charge is 0.378 e. The van der Waals surface area contributed by atoms with Crippen LogP contribution in [0.3, 0.4) is 0 Å². The van der Waals surface area contributed by atoms with Crippen molar-refractivity contribution >= 4 is 34.4 Å². The van der Waals surface area contributed by atoms with Crippen LogP contribution < -0.4 is 20.4 Å². The van der Waals surface area contributed by atoms with Gasteiger partial charge in [0.25, 0.3) is 0 Å². The zero-order valence-corrected chi connectivity index (χ0v) is 15.7. The van der Waals surface area contributed by atoms with E-state index in [1.165, 1.54) is 11.4 Å². The summed E-state index contributed by atoms with van der Waals surface area (Å²) in [6, 6.07) is 6.57. The van der Waals surface area contributed by atoms with Gasteiger partial charge in [-0.05, 0) is 36.8 Å². The molecule has 0 bridgehead atoms. The van der Waals surface area contributed by atoms with Crippen molar-refractivity contribution < 1.29 is 9.47 Å². The lowest BCUT2D eigenvalue weighted by molar-refractivity contribution is 0.122. The molecule has 0 amide bonds. The Bertz CT molecular complexity index is 572. The molecular formula is C18H28N4O2S. The lowest BCUT2D eigenvalue weighted by Gasteiger charge is -2.33. The Morgan fingerprint density at radius 2 is 1.68 bits per heavy atom. The minimum atomic E-state index is 0.676. The number of anilines is 3. The fourth-order valence-electron chi connectivity index (χ4n) is 3.11. The highest BCUT2D eigenvalue weighted by molar-refractivity contribution is 7.80. The van der Waals surface area contributed by atoms with Crippen LogP contribution in [0.25, 0.3) is 0 Å². The number of rotatable bonds is 5. The predicted octanol–water partition coefficient (Wildman–Crippen LogP) is 2.06. The summed E-state index contributed by atoms with van der Waals surface area (Å²) in [6.45, 7) is 9.79. The molecule has 0 saturated carbocycles. The maximum absolute atomic E-state index is 5.51. The van der Waals surface area contributed by atoms with Crippen molar-refractivity contribution in [3.05, 3.63) is 18.2 Å². The first-order chi connectivity index (χ1) is 12.3. The van der Waals surface area contributed by atoms with E-state index in [-0.39, 0.29) is 0 Å². The van der Waals surface area contributed by atoms with Crippen molar-refractivity contribution in [3.8, 4) is 0 Å². The molecule has 25 heavy (non-hydrogen) atoms. The van der Waals surface area contributed by atoms with Gasteiger partial charge in [-0.25, -0.2) is 0 Å². The van der Waals surface area contributed by atoms with Crippen molar-refractivity contribution in [2.24, 2.45) is 0 Å². The fraction of sp³-hybridized carbons (Fsp3) is 0.611. The summed E-state index contributed by atoms with van der Waals surface area (Å²) in [7, 11) is 0. The molecule has 7 heteroatoms. The van der Waals surface area contributed by atoms with E-state index in [9.17, 15) is 0 Å². The first-order valence-electron chi connectivity index (χ1n) is 9.12. The van der Waals surface area contributed by atoms with Crippen LogP contribution in [-0.4, -0.2) is 64.3 Å². The van der Waals surface area contributed by atoms with Gasteiger partial charge < -0.3 is 29.9 Å². The second kappa shape index (κ2) is 9.22. The summed E-state index contributed by atoms with van der Waals surface area (Å²) in [5.41, 5.74) is 3.48. The Balaban J connectivity index is 1.80. The number of hydrogen-bond acceptors (Lipinski definition) is 5. The number of thiocarbonyl (C=S) groups is 1. The Labute approximate surface area is 155 Å². The molecule has 6 nitrogen and oxygen atoms in total. The van der Waals surface area contributed by atoms with Crippen LogP contribution in [-0.2, 0) is 9.47 Å². The average molecular weight is 365 g/mol. The summed E-state index contributed by atoms with van der Waals surface area (Å²) >= 11 is 5.43. The molecule has 2 saturated heterocycles. The third kappa shape index (κ3) is 4.96. The minimum Gasteiger partial charge on any atom is -0.378 e. The molecule has 0 radical (unpaired) electrons. The van der Waals surface area contributed by atoms with E-state index < -0.39 is 0 Å². The van der Waals surface area contributed by atoms with Gasteiger partial charge >= 0.3 is 0 Å². The molecule has 0 unspecified atom stereocenters. The van der Waals surface area contributed by atoms with Gasteiger partial charge in [0.15, 0.2) is 5.11 Å². The molecule has 2 fully saturated rings. The lowest BCUT2D eigenvalue weighted by atomic mass is 10.2. The highest BCUT2D eigenvalue weighted by atomic mass is 32.1. The first kappa shape index (κ1) is 18.2. The van der Waals surface area contributed by atoms with Crippen LogP contribution in [0.5, 0.6) is 0 Å². The van der Waals surface area contributed by atoms with Crippen LogP contribution in [0.15, 0.2) is 18.2 Å². The molecule has 0 atom stereocenters. The standard InChI is InChI=1S/C18H28N4O2S/c1-2-5-19-18(25)20-16-4-3-15(21-6-10-23-11-7-21)14-17(16)22-8-12-24-13-9-22/h3-4,14H,2,5-13H2,1H3,(H2,19,20,25). The Morgan fingerprint density at radius 1 is 1.04 bits per heavy atom. The van der Waals surface area contributed by atoms with Crippen molar-refractivity contribution in [2.45, 2.75) is 13.3 Å². The molecule has 0 aliphatic carbocycles. The maximum atomic E-state index is 5.51. The predicted molar refractivity (Wildman–Crippen MR) is 107 cm³/mol. The topological polar surface area (TPSA) is 49.0 Å². The smallest absolute Gasteiger partial charge is 0.170 e. The van der Waals surface area contributed by atoms with E-state index in [4.69, 9.17) is 21.7 Å². The fourth-order valence-corrected chi connectivity index (χ4v) is 3.33. The molecule has 0 aromatic heterocycles. The quantitative estimate of drug-likeness (QED) is 0.776. The molecule has 2 aliphatic rings. The van der Waals surface area contributed by atoms with Gasteiger partial charge in [-0.3, -0.25) is 0 Å². The van der Waals surface area contributed by atoms with Crippen molar-refractivity contribution in [1.82, 2.24) is 5.32 Å².